The minimum absolute atomic E-state index is 0.0550. The summed E-state index contributed by atoms with van der Waals surface area (Å²) in [7, 11) is 0. The average Bonchev–Trinajstić information content (AvgIpc) is 3.34. The molecular weight excluding hydrogens is 322 g/mol. The fourth-order valence-electron chi connectivity index (χ4n) is 2.53. The Morgan fingerprint density at radius 1 is 1.25 bits per heavy atom. The van der Waals surface area contributed by atoms with Gasteiger partial charge < -0.3 is 5.32 Å². The van der Waals surface area contributed by atoms with E-state index in [1.54, 1.807) is 0 Å². The van der Waals surface area contributed by atoms with Gasteiger partial charge in [0, 0.05) is 5.69 Å². The molecule has 0 unspecified atom stereocenters. The third-order valence-electron chi connectivity index (χ3n) is 4.02. The number of rotatable bonds is 5. The molecule has 2 aromatic carbocycles. The van der Waals surface area contributed by atoms with Crippen molar-refractivity contribution in [1.29, 1.82) is 0 Å². The van der Waals surface area contributed by atoms with Gasteiger partial charge >= 0.3 is 0 Å². The molecule has 0 radical (unpaired) electrons. The van der Waals surface area contributed by atoms with Crippen LogP contribution in [0.3, 0.4) is 0 Å². The van der Waals surface area contributed by atoms with Crippen molar-refractivity contribution in [2.24, 2.45) is 0 Å². The Hall–Kier alpha value is -2.41. The number of thioether (sulfide) groups is 1. The highest BCUT2D eigenvalue weighted by Gasteiger charge is 2.29. The highest BCUT2D eigenvalue weighted by molar-refractivity contribution is 8.00. The molecule has 1 aliphatic rings. The van der Waals surface area contributed by atoms with E-state index in [2.05, 4.69) is 26.9 Å². The Balaban J connectivity index is 1.45. The molecule has 122 valence electrons. The predicted octanol–water partition coefficient (Wildman–Crippen LogP) is 3.28. The Bertz CT molecular complexity index is 889. The molecule has 3 aromatic rings. The lowest BCUT2D eigenvalue weighted by atomic mass is 10.1. The van der Waals surface area contributed by atoms with Crippen LogP contribution in [0.5, 0.6) is 0 Å². The van der Waals surface area contributed by atoms with E-state index < -0.39 is 0 Å². The third kappa shape index (κ3) is 3.12. The molecule has 7 heteroatoms. The van der Waals surface area contributed by atoms with Gasteiger partial charge in [0.05, 0.1) is 11.3 Å². The maximum absolute atomic E-state index is 12.5. The molecule has 1 atom stereocenters. The summed E-state index contributed by atoms with van der Waals surface area (Å²) in [5.74, 6) is -0.0550. The summed E-state index contributed by atoms with van der Waals surface area (Å²) >= 11 is 1.39. The van der Waals surface area contributed by atoms with Crippen molar-refractivity contribution in [2.75, 3.05) is 5.32 Å². The Morgan fingerprint density at radius 3 is 2.83 bits per heavy atom. The topological polar surface area (TPSA) is 72.7 Å². The number of carbonyl (C=O) groups excluding carboxylic acids is 1. The zero-order valence-corrected chi connectivity index (χ0v) is 14.0. The molecule has 1 fully saturated rings. The largest absolute Gasteiger partial charge is 0.325 e. The number of tetrazole rings is 1. The Kier molecular flexibility index (Phi) is 3.93. The second-order valence-corrected chi connectivity index (χ2v) is 7.26. The summed E-state index contributed by atoms with van der Waals surface area (Å²) in [6.07, 6.45) is 2.21. The number of nitrogens with one attached hydrogen (secondary N) is 1. The molecule has 24 heavy (non-hydrogen) atoms. The Morgan fingerprint density at radius 2 is 2.04 bits per heavy atom. The quantitative estimate of drug-likeness (QED) is 0.722. The molecule has 1 aromatic heterocycles. The van der Waals surface area contributed by atoms with Gasteiger partial charge in [0.1, 0.15) is 0 Å². The smallest absolute Gasteiger partial charge is 0.237 e. The lowest BCUT2D eigenvalue weighted by Gasteiger charge is -2.12. The fraction of sp³-hybridized carbons (Fsp3) is 0.294. The normalized spacial score (nSPS) is 15.4. The van der Waals surface area contributed by atoms with E-state index in [0.29, 0.717) is 11.2 Å². The molecule has 1 amide bonds. The van der Waals surface area contributed by atoms with Crippen molar-refractivity contribution < 1.29 is 4.79 Å². The maximum atomic E-state index is 12.5. The van der Waals surface area contributed by atoms with E-state index in [9.17, 15) is 4.79 Å². The summed E-state index contributed by atoms with van der Waals surface area (Å²) in [4.78, 5) is 12.5. The van der Waals surface area contributed by atoms with Gasteiger partial charge in [0.15, 0.2) is 0 Å². The maximum Gasteiger partial charge on any atom is 0.237 e. The van der Waals surface area contributed by atoms with Crippen LogP contribution in [0.25, 0.3) is 10.8 Å². The van der Waals surface area contributed by atoms with E-state index in [-0.39, 0.29) is 11.2 Å². The van der Waals surface area contributed by atoms with Crippen LogP contribution in [-0.4, -0.2) is 31.4 Å². The van der Waals surface area contributed by atoms with Gasteiger partial charge in [-0.3, -0.25) is 4.79 Å². The molecule has 1 heterocycles. The monoisotopic (exact) mass is 339 g/mol. The lowest BCUT2D eigenvalue weighted by Crippen LogP contribution is -2.23. The van der Waals surface area contributed by atoms with Crippen LogP contribution in [-0.2, 0) is 4.79 Å². The van der Waals surface area contributed by atoms with Crippen molar-refractivity contribution in [2.45, 2.75) is 36.2 Å². The summed E-state index contributed by atoms with van der Waals surface area (Å²) in [5.41, 5.74) is 0.799. The molecule has 1 saturated carbocycles. The van der Waals surface area contributed by atoms with Crippen LogP contribution < -0.4 is 5.32 Å². The molecule has 1 N–H and O–H groups in total. The predicted molar refractivity (Wildman–Crippen MR) is 94.0 cm³/mol. The van der Waals surface area contributed by atoms with Crippen LogP contribution in [0.4, 0.5) is 5.69 Å². The van der Waals surface area contributed by atoms with Gasteiger partial charge in [0.2, 0.25) is 11.1 Å². The van der Waals surface area contributed by atoms with Gasteiger partial charge in [0.25, 0.3) is 0 Å². The summed E-state index contributed by atoms with van der Waals surface area (Å²) in [6.45, 7) is 1.87. The number of carbonyl (C=O) groups is 1. The van der Waals surface area contributed by atoms with Crippen LogP contribution in [0.2, 0.25) is 0 Å². The highest BCUT2D eigenvalue weighted by atomic mass is 32.2. The third-order valence-corrected chi connectivity index (χ3v) is 5.07. The standard InChI is InChI=1S/C17H17N5OS/c1-11(24-17-19-20-21-22(17)15-8-9-15)16(23)18-14-7-6-12-4-2-3-5-13(12)10-14/h2-7,10-11,15H,8-9H2,1H3,(H,18,23)/t11-/m0/s1. The fourth-order valence-corrected chi connectivity index (χ4v) is 3.39. The molecule has 0 bridgehead atoms. The highest BCUT2D eigenvalue weighted by Crippen LogP contribution is 2.37. The van der Waals surface area contributed by atoms with Gasteiger partial charge in [-0.2, -0.15) is 0 Å². The number of hydrogen-bond donors (Lipinski definition) is 1. The number of amides is 1. The second kappa shape index (κ2) is 6.24. The van der Waals surface area contributed by atoms with Gasteiger partial charge in [-0.05, 0) is 53.1 Å². The van der Waals surface area contributed by atoms with Crippen LogP contribution in [0, 0.1) is 0 Å². The first kappa shape index (κ1) is 15.1. The number of fused-ring (bicyclic) bond motifs is 1. The number of nitrogens with zero attached hydrogens (tertiary/aromatic N) is 4. The van der Waals surface area contributed by atoms with Crippen LogP contribution in [0.15, 0.2) is 47.6 Å². The van der Waals surface area contributed by atoms with E-state index in [1.165, 1.54) is 11.8 Å². The molecule has 4 rings (SSSR count). The van der Waals surface area contributed by atoms with Crippen molar-refractivity contribution in [3.63, 3.8) is 0 Å². The number of hydrogen-bond acceptors (Lipinski definition) is 5. The van der Waals surface area contributed by atoms with Crippen molar-refractivity contribution in [1.82, 2.24) is 20.2 Å². The molecule has 1 aliphatic carbocycles. The van der Waals surface area contributed by atoms with Crippen LogP contribution in [0.1, 0.15) is 25.8 Å². The summed E-state index contributed by atoms with van der Waals surface area (Å²) < 4.78 is 1.82. The van der Waals surface area contributed by atoms with E-state index in [4.69, 9.17) is 0 Å². The summed E-state index contributed by atoms with van der Waals surface area (Å²) in [5, 5.41) is 17.4. The first-order valence-corrected chi connectivity index (χ1v) is 8.83. The van der Waals surface area contributed by atoms with Gasteiger partial charge in [-0.25, -0.2) is 4.68 Å². The Labute approximate surface area is 143 Å². The van der Waals surface area contributed by atoms with Crippen molar-refractivity contribution >= 4 is 34.1 Å². The zero-order chi connectivity index (χ0) is 16.5. The molecule has 0 saturated heterocycles. The van der Waals surface area contributed by atoms with Gasteiger partial charge in [-0.15, -0.1) is 5.10 Å². The van der Waals surface area contributed by atoms with Crippen molar-refractivity contribution in [3.05, 3.63) is 42.5 Å². The van der Waals surface area contributed by atoms with Crippen LogP contribution >= 0.6 is 11.8 Å². The first-order valence-electron chi connectivity index (χ1n) is 7.95. The number of anilines is 1. The molecule has 0 spiro atoms. The number of benzene rings is 2. The minimum Gasteiger partial charge on any atom is -0.325 e. The lowest BCUT2D eigenvalue weighted by molar-refractivity contribution is -0.115. The SMILES string of the molecule is C[C@H](Sc1nnnn1C1CC1)C(=O)Nc1ccc2ccccc2c1. The van der Waals surface area contributed by atoms with E-state index in [1.807, 2.05) is 48.0 Å². The van der Waals surface area contributed by atoms with E-state index in [0.717, 1.165) is 29.3 Å². The molecule has 0 aliphatic heterocycles. The molecule has 6 nitrogen and oxygen atoms in total. The molecular formula is C17H17N5OS. The van der Waals surface area contributed by atoms with Gasteiger partial charge in [-0.1, -0.05) is 42.1 Å². The minimum atomic E-state index is -0.278. The van der Waals surface area contributed by atoms with E-state index >= 15 is 0 Å². The number of aromatic nitrogens is 4. The summed E-state index contributed by atoms with van der Waals surface area (Å²) in [6, 6.07) is 14.4. The second-order valence-electron chi connectivity index (χ2n) is 5.95. The average molecular weight is 339 g/mol. The zero-order valence-electron chi connectivity index (χ0n) is 13.2. The van der Waals surface area contributed by atoms with Crippen molar-refractivity contribution in [3.8, 4) is 0 Å². The first-order chi connectivity index (χ1) is 11.7.